The highest BCUT2D eigenvalue weighted by Crippen LogP contribution is 2.17. The van der Waals surface area contributed by atoms with Crippen molar-refractivity contribution in [1.29, 1.82) is 0 Å². The molecule has 0 aliphatic heterocycles. The van der Waals surface area contributed by atoms with E-state index in [1.807, 2.05) is 13.2 Å². The predicted molar refractivity (Wildman–Crippen MR) is 107 cm³/mol. The number of nitrogens with zero attached hydrogens (tertiary/aromatic N) is 1. The van der Waals surface area contributed by atoms with Crippen molar-refractivity contribution in [3.05, 3.63) is 59.3 Å². The van der Waals surface area contributed by atoms with Gasteiger partial charge in [-0.25, -0.2) is 9.38 Å². The summed E-state index contributed by atoms with van der Waals surface area (Å²) >= 11 is 1.63. The van der Waals surface area contributed by atoms with Crippen LogP contribution in [0.2, 0.25) is 0 Å². The quantitative estimate of drug-likeness (QED) is 0.452. The molecule has 1 aromatic heterocycles. The number of guanidine groups is 1. The Balaban J connectivity index is 1.90. The SMILES string of the molecule is CCNC(=NCc1ccc(F)cc1CSC)NCC(=O)NCc1ccco1. The fourth-order valence-electron chi connectivity index (χ4n) is 2.37. The maximum Gasteiger partial charge on any atom is 0.239 e. The number of halogens is 1. The van der Waals surface area contributed by atoms with Crippen LogP contribution in [0.5, 0.6) is 0 Å². The number of benzene rings is 1. The molecule has 1 heterocycles. The lowest BCUT2D eigenvalue weighted by atomic mass is 10.1. The predicted octanol–water partition coefficient (Wildman–Crippen LogP) is 2.65. The molecule has 0 unspecified atom stereocenters. The number of rotatable bonds is 9. The van der Waals surface area contributed by atoms with Gasteiger partial charge in [-0.1, -0.05) is 6.07 Å². The lowest BCUT2D eigenvalue weighted by molar-refractivity contribution is -0.120. The van der Waals surface area contributed by atoms with Gasteiger partial charge in [0.2, 0.25) is 5.91 Å². The molecule has 0 aliphatic carbocycles. The minimum Gasteiger partial charge on any atom is -0.467 e. The lowest BCUT2D eigenvalue weighted by Crippen LogP contribution is -2.43. The summed E-state index contributed by atoms with van der Waals surface area (Å²) in [5, 5.41) is 8.87. The highest BCUT2D eigenvalue weighted by atomic mass is 32.2. The van der Waals surface area contributed by atoms with Gasteiger partial charge in [0.05, 0.1) is 25.9 Å². The van der Waals surface area contributed by atoms with Crippen molar-refractivity contribution in [1.82, 2.24) is 16.0 Å². The van der Waals surface area contributed by atoms with E-state index in [2.05, 4.69) is 20.9 Å². The Labute approximate surface area is 163 Å². The van der Waals surface area contributed by atoms with Gasteiger partial charge in [-0.05, 0) is 48.6 Å². The van der Waals surface area contributed by atoms with Gasteiger partial charge in [0.25, 0.3) is 0 Å². The van der Waals surface area contributed by atoms with Crippen molar-refractivity contribution >= 4 is 23.6 Å². The van der Waals surface area contributed by atoms with Crippen LogP contribution in [0.15, 0.2) is 46.0 Å². The average molecular weight is 393 g/mol. The van der Waals surface area contributed by atoms with Crippen molar-refractivity contribution < 1.29 is 13.6 Å². The van der Waals surface area contributed by atoms with E-state index in [9.17, 15) is 9.18 Å². The molecule has 146 valence electrons. The molecule has 0 bridgehead atoms. The average Bonchev–Trinajstić information content (AvgIpc) is 3.17. The topological polar surface area (TPSA) is 78.7 Å². The zero-order valence-electron chi connectivity index (χ0n) is 15.5. The van der Waals surface area contributed by atoms with Crippen LogP contribution in [0.3, 0.4) is 0 Å². The molecule has 3 N–H and O–H groups in total. The van der Waals surface area contributed by atoms with Crippen LogP contribution in [-0.2, 0) is 23.6 Å². The molecule has 0 radical (unpaired) electrons. The van der Waals surface area contributed by atoms with Gasteiger partial charge in [-0.3, -0.25) is 4.79 Å². The molecule has 0 spiro atoms. The molecule has 0 fully saturated rings. The summed E-state index contributed by atoms with van der Waals surface area (Å²) in [6.45, 7) is 3.45. The highest BCUT2D eigenvalue weighted by molar-refractivity contribution is 7.97. The summed E-state index contributed by atoms with van der Waals surface area (Å²) in [5.74, 6) is 1.54. The third kappa shape index (κ3) is 7.34. The second kappa shape index (κ2) is 11.3. The van der Waals surface area contributed by atoms with E-state index in [0.717, 1.165) is 16.9 Å². The van der Waals surface area contributed by atoms with Crippen molar-refractivity contribution in [3.8, 4) is 0 Å². The van der Waals surface area contributed by atoms with Crippen LogP contribution in [0.4, 0.5) is 4.39 Å². The number of thioether (sulfide) groups is 1. The van der Waals surface area contributed by atoms with Crippen LogP contribution >= 0.6 is 11.8 Å². The van der Waals surface area contributed by atoms with Gasteiger partial charge in [-0.15, -0.1) is 0 Å². The number of furan rings is 1. The fraction of sp³-hybridized carbons (Fsp3) is 0.368. The van der Waals surface area contributed by atoms with E-state index in [4.69, 9.17) is 4.42 Å². The monoisotopic (exact) mass is 392 g/mol. The summed E-state index contributed by atoms with van der Waals surface area (Å²) in [6.07, 6.45) is 3.54. The van der Waals surface area contributed by atoms with E-state index < -0.39 is 0 Å². The second-order valence-electron chi connectivity index (χ2n) is 5.75. The van der Waals surface area contributed by atoms with E-state index in [0.29, 0.717) is 31.4 Å². The molecule has 0 saturated heterocycles. The molecule has 1 aromatic carbocycles. The van der Waals surface area contributed by atoms with E-state index >= 15 is 0 Å². The highest BCUT2D eigenvalue weighted by Gasteiger charge is 2.07. The van der Waals surface area contributed by atoms with Crippen LogP contribution in [-0.4, -0.2) is 31.2 Å². The summed E-state index contributed by atoms with van der Waals surface area (Å²) in [6, 6.07) is 8.31. The Morgan fingerprint density at radius 3 is 2.78 bits per heavy atom. The van der Waals surface area contributed by atoms with Gasteiger partial charge < -0.3 is 20.4 Å². The molecular weight excluding hydrogens is 367 g/mol. The molecule has 27 heavy (non-hydrogen) atoms. The smallest absolute Gasteiger partial charge is 0.239 e. The van der Waals surface area contributed by atoms with Crippen molar-refractivity contribution in [2.24, 2.45) is 4.99 Å². The number of carbonyl (C=O) groups excluding carboxylic acids is 1. The Bertz CT molecular complexity index is 750. The number of hydrogen-bond acceptors (Lipinski definition) is 4. The minimum absolute atomic E-state index is 0.0909. The molecule has 2 aromatic rings. The number of nitrogens with one attached hydrogen (secondary N) is 3. The Hall–Kier alpha value is -2.48. The molecule has 2 rings (SSSR count). The summed E-state index contributed by atoms with van der Waals surface area (Å²) < 4.78 is 18.6. The number of amides is 1. The van der Waals surface area contributed by atoms with Crippen LogP contribution in [0, 0.1) is 5.82 Å². The molecule has 0 saturated carbocycles. The molecular formula is C19H25FN4O2S. The van der Waals surface area contributed by atoms with Crippen molar-refractivity contribution in [3.63, 3.8) is 0 Å². The molecule has 1 amide bonds. The Kier molecular flexibility index (Phi) is 8.70. The van der Waals surface area contributed by atoms with Gasteiger partial charge >= 0.3 is 0 Å². The van der Waals surface area contributed by atoms with Gasteiger partial charge in [0, 0.05) is 12.3 Å². The fourth-order valence-corrected chi connectivity index (χ4v) is 2.95. The van der Waals surface area contributed by atoms with E-state index in [1.165, 1.54) is 6.07 Å². The van der Waals surface area contributed by atoms with Crippen LogP contribution in [0.25, 0.3) is 0 Å². The standard InChI is InChI=1S/C19H25FN4O2S/c1-3-21-19(24-12-18(25)22-11-17-5-4-8-26-17)23-10-14-6-7-16(20)9-15(14)13-27-2/h4-9H,3,10-13H2,1-2H3,(H,22,25)(H2,21,23,24). The maximum absolute atomic E-state index is 13.5. The van der Waals surface area contributed by atoms with Crippen molar-refractivity contribution in [2.75, 3.05) is 19.3 Å². The van der Waals surface area contributed by atoms with Crippen molar-refractivity contribution in [2.45, 2.75) is 25.8 Å². The summed E-state index contributed by atoms with van der Waals surface area (Å²) in [5.41, 5.74) is 1.89. The van der Waals surface area contributed by atoms with Crippen LogP contribution in [0.1, 0.15) is 23.8 Å². The van der Waals surface area contributed by atoms with Gasteiger partial charge in [-0.2, -0.15) is 11.8 Å². The summed E-state index contributed by atoms with van der Waals surface area (Å²) in [4.78, 5) is 16.5. The maximum atomic E-state index is 13.5. The number of carbonyl (C=O) groups is 1. The minimum atomic E-state index is -0.245. The van der Waals surface area contributed by atoms with Gasteiger partial charge in [0.15, 0.2) is 5.96 Å². The largest absolute Gasteiger partial charge is 0.467 e. The second-order valence-corrected chi connectivity index (χ2v) is 6.62. The number of aliphatic imine (C=N–C) groups is 1. The number of hydrogen-bond donors (Lipinski definition) is 3. The van der Waals surface area contributed by atoms with E-state index in [1.54, 1.807) is 42.3 Å². The molecule has 0 aliphatic rings. The first-order valence-electron chi connectivity index (χ1n) is 8.70. The summed E-state index contributed by atoms with van der Waals surface area (Å²) in [7, 11) is 0. The third-order valence-electron chi connectivity index (χ3n) is 3.68. The van der Waals surface area contributed by atoms with E-state index in [-0.39, 0.29) is 18.3 Å². The first-order valence-corrected chi connectivity index (χ1v) is 10.1. The first kappa shape index (κ1) is 20.8. The normalized spacial score (nSPS) is 11.3. The Morgan fingerprint density at radius 1 is 1.22 bits per heavy atom. The van der Waals surface area contributed by atoms with Gasteiger partial charge in [0.1, 0.15) is 11.6 Å². The molecule has 0 atom stereocenters. The third-order valence-corrected chi connectivity index (χ3v) is 4.28. The molecule has 8 heteroatoms. The Morgan fingerprint density at radius 2 is 2.07 bits per heavy atom. The lowest BCUT2D eigenvalue weighted by Gasteiger charge is -2.12. The zero-order chi connectivity index (χ0) is 19.5. The molecule has 6 nitrogen and oxygen atoms in total. The first-order chi connectivity index (χ1) is 13.1. The zero-order valence-corrected chi connectivity index (χ0v) is 16.4. The van der Waals surface area contributed by atoms with Crippen LogP contribution < -0.4 is 16.0 Å².